The quantitative estimate of drug-likeness (QED) is 0.0199. The summed E-state index contributed by atoms with van der Waals surface area (Å²) in [6.45, 7) is 1.89. The van der Waals surface area contributed by atoms with Gasteiger partial charge in [0.2, 0.25) is 5.91 Å². The highest BCUT2D eigenvalue weighted by Crippen LogP contribution is 2.34. The Morgan fingerprint density at radius 2 is 0.573 bits per heavy atom. The van der Waals surface area contributed by atoms with Crippen molar-refractivity contribution in [2.75, 3.05) is 26.4 Å². The molecule has 17 atom stereocenters. The van der Waals surface area contributed by atoms with Crippen LogP contribution in [0.25, 0.3) is 0 Å². The standard InChI is InChI=1S/C91H175NO18/c1-3-5-7-9-11-13-15-17-19-21-23-25-27-29-31-32-33-34-35-36-37-38-39-40-41-42-43-45-47-49-51-53-55-57-59-61-63-65-67-69-79(97)92-74(75(96)68-66-64-62-60-58-56-54-52-50-48-46-44-30-28-26-24-22-20-18-16-14-12-10-8-6-4-2)73-105-89-85(103)82(100)87(77(71-94)107-89)110-91-86(104)83(101)88(78(72-95)108-91)109-90-84(102)81(99)80(98)76(70-93)106-90/h21,23,74-78,80-91,93-96,98-104H,3-20,22,24-73H2,1-2H3,(H,92,97)/b23-21-. The average molecular weight is 1570 g/mol. The number of allylic oxidation sites excluding steroid dienone is 2. The van der Waals surface area contributed by atoms with Gasteiger partial charge >= 0.3 is 0 Å². The Morgan fingerprint density at radius 1 is 0.318 bits per heavy atom. The van der Waals surface area contributed by atoms with E-state index in [1.165, 1.54) is 353 Å². The van der Waals surface area contributed by atoms with Crippen LogP contribution in [-0.4, -0.2) is 193 Å². The molecule has 0 bridgehead atoms. The van der Waals surface area contributed by atoms with Gasteiger partial charge in [0.25, 0.3) is 0 Å². The van der Waals surface area contributed by atoms with Crippen molar-refractivity contribution in [3.8, 4) is 0 Å². The molecule has 3 aliphatic heterocycles. The zero-order chi connectivity index (χ0) is 79.5. The fraction of sp³-hybridized carbons (Fsp3) is 0.967. The minimum Gasteiger partial charge on any atom is -0.394 e. The van der Waals surface area contributed by atoms with Gasteiger partial charge in [-0.25, -0.2) is 0 Å². The third-order valence-corrected chi connectivity index (χ3v) is 23.8. The van der Waals surface area contributed by atoms with Crippen molar-refractivity contribution in [3.63, 3.8) is 0 Å². The number of nitrogens with one attached hydrogen (secondary N) is 1. The third-order valence-electron chi connectivity index (χ3n) is 23.8. The van der Waals surface area contributed by atoms with Gasteiger partial charge < -0.3 is 89.9 Å². The van der Waals surface area contributed by atoms with E-state index in [0.29, 0.717) is 12.8 Å². The number of hydrogen-bond donors (Lipinski definition) is 12. The smallest absolute Gasteiger partial charge is 0.220 e. The first-order chi connectivity index (χ1) is 53.8. The highest BCUT2D eigenvalue weighted by atomic mass is 16.8. The molecule has 19 nitrogen and oxygen atoms in total. The summed E-state index contributed by atoms with van der Waals surface area (Å²) in [7, 11) is 0. The van der Waals surface area contributed by atoms with Crippen LogP contribution in [0.3, 0.4) is 0 Å². The van der Waals surface area contributed by atoms with Crippen LogP contribution in [0.15, 0.2) is 12.2 Å². The Balaban J connectivity index is 1.28. The molecule has 3 rings (SSSR count). The molecule has 12 N–H and O–H groups in total. The third kappa shape index (κ3) is 49.7. The predicted molar refractivity (Wildman–Crippen MR) is 444 cm³/mol. The lowest BCUT2D eigenvalue weighted by molar-refractivity contribution is -0.379. The maximum Gasteiger partial charge on any atom is 0.220 e. The molecule has 1 amide bonds. The van der Waals surface area contributed by atoms with Crippen molar-refractivity contribution in [2.45, 2.75) is 535 Å². The van der Waals surface area contributed by atoms with Gasteiger partial charge in [0.05, 0.1) is 38.6 Å². The van der Waals surface area contributed by atoms with Crippen LogP contribution in [0, 0.1) is 0 Å². The number of aliphatic hydroxyl groups excluding tert-OH is 11. The van der Waals surface area contributed by atoms with Crippen LogP contribution in [0.4, 0.5) is 0 Å². The van der Waals surface area contributed by atoms with Crippen molar-refractivity contribution in [2.24, 2.45) is 0 Å². The van der Waals surface area contributed by atoms with Gasteiger partial charge in [-0.15, -0.1) is 0 Å². The summed E-state index contributed by atoms with van der Waals surface area (Å²) in [5.74, 6) is -0.231. The van der Waals surface area contributed by atoms with Crippen LogP contribution in [-0.2, 0) is 33.2 Å². The molecule has 3 heterocycles. The van der Waals surface area contributed by atoms with Crippen LogP contribution in [0.1, 0.15) is 431 Å². The Morgan fingerprint density at radius 3 is 0.882 bits per heavy atom. The molecular weight excluding hydrogens is 1390 g/mol. The van der Waals surface area contributed by atoms with Crippen molar-refractivity contribution >= 4 is 5.91 Å². The highest BCUT2D eigenvalue weighted by Gasteiger charge is 2.54. The van der Waals surface area contributed by atoms with E-state index < -0.39 is 124 Å². The minimum atomic E-state index is -1.97. The van der Waals surface area contributed by atoms with Crippen molar-refractivity contribution in [1.29, 1.82) is 0 Å². The molecule has 652 valence electrons. The number of aliphatic hydroxyl groups is 11. The van der Waals surface area contributed by atoms with E-state index in [2.05, 4.69) is 31.3 Å². The topological polar surface area (TPSA) is 307 Å². The zero-order valence-corrected chi connectivity index (χ0v) is 70.5. The number of carbonyl (C=O) groups excluding carboxylic acids is 1. The van der Waals surface area contributed by atoms with E-state index in [-0.39, 0.29) is 18.9 Å². The van der Waals surface area contributed by atoms with E-state index in [4.69, 9.17) is 28.4 Å². The molecule has 0 aromatic heterocycles. The second-order valence-electron chi connectivity index (χ2n) is 33.8. The van der Waals surface area contributed by atoms with Gasteiger partial charge in [-0.2, -0.15) is 0 Å². The monoisotopic (exact) mass is 1570 g/mol. The number of hydrogen-bond acceptors (Lipinski definition) is 18. The lowest BCUT2D eigenvalue weighted by Gasteiger charge is -2.48. The van der Waals surface area contributed by atoms with E-state index in [0.717, 1.165) is 44.9 Å². The Hall–Kier alpha value is -1.47. The average Bonchev–Trinajstić information content (AvgIpc) is 0.780. The van der Waals surface area contributed by atoms with Crippen LogP contribution in [0.5, 0.6) is 0 Å². The molecule has 0 radical (unpaired) electrons. The van der Waals surface area contributed by atoms with Gasteiger partial charge in [0.15, 0.2) is 18.9 Å². The summed E-state index contributed by atoms with van der Waals surface area (Å²) >= 11 is 0. The molecule has 3 fully saturated rings. The van der Waals surface area contributed by atoms with E-state index in [1.54, 1.807) is 0 Å². The van der Waals surface area contributed by atoms with E-state index >= 15 is 0 Å². The molecule has 0 aromatic carbocycles. The number of carbonyl (C=O) groups is 1. The summed E-state index contributed by atoms with van der Waals surface area (Å²) in [6, 6.07) is -0.885. The Kier molecular flexibility index (Phi) is 66.9. The molecule has 110 heavy (non-hydrogen) atoms. The zero-order valence-electron chi connectivity index (χ0n) is 70.5. The first-order valence-corrected chi connectivity index (χ1v) is 46.9. The fourth-order valence-electron chi connectivity index (χ4n) is 16.4. The van der Waals surface area contributed by atoms with Gasteiger partial charge in [0, 0.05) is 6.42 Å². The molecule has 0 aliphatic carbocycles. The molecule has 3 saturated heterocycles. The van der Waals surface area contributed by atoms with Gasteiger partial charge in [-0.3, -0.25) is 4.79 Å². The van der Waals surface area contributed by atoms with Crippen molar-refractivity contribution < 1.29 is 89.4 Å². The predicted octanol–water partition coefficient (Wildman–Crippen LogP) is 18.2. The van der Waals surface area contributed by atoms with E-state index in [1.807, 2.05) is 0 Å². The maximum absolute atomic E-state index is 13.6. The highest BCUT2D eigenvalue weighted by molar-refractivity contribution is 5.76. The molecule has 3 aliphatic rings. The van der Waals surface area contributed by atoms with Gasteiger partial charge in [0.1, 0.15) is 73.2 Å². The molecule has 0 saturated carbocycles. The van der Waals surface area contributed by atoms with Crippen molar-refractivity contribution in [3.05, 3.63) is 12.2 Å². The van der Waals surface area contributed by atoms with Gasteiger partial charge in [-0.1, -0.05) is 398 Å². The molecule has 19 heteroatoms. The minimum absolute atomic E-state index is 0.231. The maximum atomic E-state index is 13.6. The Labute approximate surface area is 671 Å². The van der Waals surface area contributed by atoms with Gasteiger partial charge in [-0.05, 0) is 38.5 Å². The summed E-state index contributed by atoms with van der Waals surface area (Å²) in [6.07, 6.45) is 62.0. The van der Waals surface area contributed by atoms with Crippen LogP contribution in [0.2, 0.25) is 0 Å². The number of amides is 1. The van der Waals surface area contributed by atoms with Crippen LogP contribution >= 0.6 is 0 Å². The Bertz CT molecular complexity index is 2030. The molecule has 0 spiro atoms. The first-order valence-electron chi connectivity index (χ1n) is 46.9. The summed E-state index contributed by atoms with van der Waals surface area (Å²) in [5, 5.41) is 121. The van der Waals surface area contributed by atoms with E-state index in [9.17, 15) is 61.0 Å². The summed E-state index contributed by atoms with van der Waals surface area (Å²) < 4.78 is 34.6. The normalized spacial score (nSPS) is 25.1. The second kappa shape index (κ2) is 71.6. The largest absolute Gasteiger partial charge is 0.394 e. The van der Waals surface area contributed by atoms with Crippen LogP contribution < -0.4 is 5.32 Å². The summed E-state index contributed by atoms with van der Waals surface area (Å²) in [4.78, 5) is 13.6. The molecule has 17 unspecified atom stereocenters. The fourth-order valence-corrected chi connectivity index (χ4v) is 16.4. The lowest BCUT2D eigenvalue weighted by Crippen LogP contribution is -2.66. The lowest BCUT2D eigenvalue weighted by atomic mass is 9.96. The summed E-state index contributed by atoms with van der Waals surface area (Å²) in [5.41, 5.74) is 0. The molecule has 0 aromatic rings. The SMILES string of the molecule is CCCCCCCCCC/C=C\CCCCCCCCCCCCCCCCCCCCCCCCCCCCCC(=O)NC(COC1OC(CO)C(OC2OC(CO)C(OC3OC(CO)C(O)C(O)C3O)C(O)C2O)C(O)C1O)C(O)CCCCCCCCCCCCCCCCCCCCCCCCCCCC. The number of unbranched alkanes of at least 4 members (excludes halogenated alkanes) is 60. The first kappa shape index (κ1) is 103. The van der Waals surface area contributed by atoms with Crippen molar-refractivity contribution in [1.82, 2.24) is 5.32 Å². The number of ether oxygens (including phenoxy) is 6. The molecular formula is C91H175NO18. The second-order valence-corrected chi connectivity index (χ2v) is 33.8. The number of rotatable bonds is 78.